The first-order valence-corrected chi connectivity index (χ1v) is 4.58. The second-order valence-electron chi connectivity index (χ2n) is 3.29. The minimum absolute atomic E-state index is 0.137. The molecule has 0 unspecified atom stereocenters. The Balaban J connectivity index is 2.87. The molecule has 0 spiro atoms. The molecule has 0 amide bonds. The predicted octanol–water partition coefficient (Wildman–Crippen LogP) is 2.74. The van der Waals surface area contributed by atoms with Crippen LogP contribution in [0.25, 0.3) is 10.9 Å². The highest BCUT2D eigenvalue weighted by Gasteiger charge is 2.17. The smallest absolute Gasteiger partial charge is 0.280 e. The van der Waals surface area contributed by atoms with Gasteiger partial charge in [-0.25, -0.2) is 22.5 Å². The minimum atomic E-state index is -2.89. The Hall–Kier alpha value is -1.89. The summed E-state index contributed by atoms with van der Waals surface area (Å²) >= 11 is 0. The molecule has 0 aliphatic carbocycles. The maximum atomic E-state index is 13.5. The van der Waals surface area contributed by atoms with Gasteiger partial charge in [0, 0.05) is 0 Å². The van der Waals surface area contributed by atoms with E-state index >= 15 is 0 Å². The first-order chi connectivity index (χ1) is 8.04. The number of anilines is 1. The topological polar surface area (TPSA) is 50.9 Å². The Kier molecular flexibility index (Phi) is 2.84. The van der Waals surface area contributed by atoms with Gasteiger partial charge in [-0.2, -0.15) is 0 Å². The lowest BCUT2D eigenvalue weighted by molar-refractivity contribution is 0.146. The Labute approximate surface area is 93.2 Å². The molecule has 2 aromatic rings. The van der Waals surface area contributed by atoms with Crippen molar-refractivity contribution in [2.45, 2.75) is 6.43 Å². The van der Waals surface area contributed by atoms with Gasteiger partial charge in [-0.05, 0) is 18.2 Å². The standard InChI is InChI=1S/C10H7F4N3/c11-4-1-2-5(12)9-8(4)6(17-15)3-7(16-9)10(13)14/h1-3,10H,15H2,(H,16,17). The Morgan fingerprint density at radius 1 is 1.18 bits per heavy atom. The molecular formula is C10H7F4N3. The van der Waals surface area contributed by atoms with E-state index in [1.54, 1.807) is 0 Å². The van der Waals surface area contributed by atoms with Crippen LogP contribution in [0.4, 0.5) is 23.2 Å². The average Bonchev–Trinajstić information content (AvgIpc) is 2.32. The molecule has 0 radical (unpaired) electrons. The number of aromatic nitrogens is 1. The number of rotatable bonds is 2. The molecule has 0 aliphatic heterocycles. The van der Waals surface area contributed by atoms with Gasteiger partial charge in [0.1, 0.15) is 22.8 Å². The van der Waals surface area contributed by atoms with Crippen molar-refractivity contribution in [3.63, 3.8) is 0 Å². The molecule has 0 bridgehead atoms. The molecule has 1 aromatic heterocycles. The van der Waals surface area contributed by atoms with Crippen LogP contribution >= 0.6 is 0 Å². The summed E-state index contributed by atoms with van der Waals surface area (Å²) in [6.45, 7) is 0. The summed E-state index contributed by atoms with van der Waals surface area (Å²) in [5, 5.41) is -0.253. The summed E-state index contributed by atoms with van der Waals surface area (Å²) < 4.78 is 51.8. The highest BCUT2D eigenvalue weighted by molar-refractivity contribution is 5.92. The molecule has 1 heterocycles. The van der Waals surface area contributed by atoms with Crippen molar-refractivity contribution in [1.29, 1.82) is 0 Å². The van der Waals surface area contributed by atoms with E-state index in [1.807, 2.05) is 0 Å². The number of nitrogens with zero attached hydrogens (tertiary/aromatic N) is 1. The third-order valence-corrected chi connectivity index (χ3v) is 2.26. The van der Waals surface area contributed by atoms with E-state index in [0.29, 0.717) is 0 Å². The quantitative estimate of drug-likeness (QED) is 0.486. The number of pyridine rings is 1. The van der Waals surface area contributed by atoms with Gasteiger partial charge < -0.3 is 5.43 Å². The summed E-state index contributed by atoms with van der Waals surface area (Å²) in [7, 11) is 0. The van der Waals surface area contributed by atoms with Gasteiger partial charge in [0.2, 0.25) is 0 Å². The van der Waals surface area contributed by atoms with Gasteiger partial charge >= 0.3 is 0 Å². The zero-order valence-electron chi connectivity index (χ0n) is 8.35. The Morgan fingerprint density at radius 3 is 2.41 bits per heavy atom. The normalized spacial score (nSPS) is 11.2. The molecular weight excluding hydrogens is 238 g/mol. The summed E-state index contributed by atoms with van der Waals surface area (Å²) in [5.41, 5.74) is 0.769. The fourth-order valence-electron chi connectivity index (χ4n) is 1.51. The van der Waals surface area contributed by atoms with E-state index in [0.717, 1.165) is 18.2 Å². The maximum Gasteiger partial charge on any atom is 0.280 e. The van der Waals surface area contributed by atoms with Crippen molar-refractivity contribution in [3.8, 4) is 0 Å². The number of benzene rings is 1. The molecule has 1 aromatic carbocycles. The molecule has 0 aliphatic rings. The lowest BCUT2D eigenvalue weighted by Gasteiger charge is -2.09. The highest BCUT2D eigenvalue weighted by atomic mass is 19.3. The van der Waals surface area contributed by atoms with Gasteiger partial charge in [0.05, 0.1) is 11.1 Å². The van der Waals surface area contributed by atoms with Crippen LogP contribution in [0.1, 0.15) is 12.1 Å². The van der Waals surface area contributed by atoms with E-state index in [9.17, 15) is 17.6 Å². The predicted molar refractivity (Wildman–Crippen MR) is 54.4 cm³/mol. The number of hydrogen-bond donors (Lipinski definition) is 2. The van der Waals surface area contributed by atoms with E-state index < -0.39 is 29.3 Å². The fourth-order valence-corrected chi connectivity index (χ4v) is 1.51. The molecule has 3 nitrogen and oxygen atoms in total. The summed E-state index contributed by atoms with van der Waals surface area (Å²) in [5.74, 6) is 3.41. The number of alkyl halides is 2. The van der Waals surface area contributed by atoms with Crippen LogP contribution in [0.15, 0.2) is 18.2 Å². The molecule has 0 atom stereocenters. The summed E-state index contributed by atoms with van der Waals surface area (Å²) in [4.78, 5) is 3.38. The van der Waals surface area contributed by atoms with Crippen molar-refractivity contribution < 1.29 is 17.6 Å². The second kappa shape index (κ2) is 4.17. The molecule has 0 saturated carbocycles. The van der Waals surface area contributed by atoms with Crippen LogP contribution in [0, 0.1) is 11.6 Å². The van der Waals surface area contributed by atoms with Crippen molar-refractivity contribution in [2.24, 2.45) is 5.84 Å². The fraction of sp³-hybridized carbons (Fsp3) is 0.100. The number of fused-ring (bicyclic) bond motifs is 1. The zero-order chi connectivity index (χ0) is 12.6. The van der Waals surface area contributed by atoms with Crippen molar-refractivity contribution in [2.75, 3.05) is 5.43 Å². The number of hydrazine groups is 1. The highest BCUT2D eigenvalue weighted by Crippen LogP contribution is 2.30. The van der Waals surface area contributed by atoms with Crippen molar-refractivity contribution in [1.82, 2.24) is 4.98 Å². The van der Waals surface area contributed by atoms with Crippen LogP contribution in [-0.4, -0.2) is 4.98 Å². The lowest BCUT2D eigenvalue weighted by Crippen LogP contribution is -2.09. The van der Waals surface area contributed by atoms with Crippen LogP contribution in [-0.2, 0) is 0 Å². The van der Waals surface area contributed by atoms with Gasteiger partial charge in [0.25, 0.3) is 6.43 Å². The van der Waals surface area contributed by atoms with Crippen molar-refractivity contribution in [3.05, 3.63) is 35.5 Å². The zero-order valence-corrected chi connectivity index (χ0v) is 8.35. The third kappa shape index (κ3) is 1.89. The first-order valence-electron chi connectivity index (χ1n) is 4.58. The Bertz CT molecular complexity index is 571. The average molecular weight is 245 g/mol. The third-order valence-electron chi connectivity index (χ3n) is 2.26. The molecule has 0 saturated heterocycles. The molecule has 2 rings (SSSR count). The molecule has 17 heavy (non-hydrogen) atoms. The molecule has 7 heteroatoms. The SMILES string of the molecule is NNc1cc(C(F)F)nc2c(F)ccc(F)c12. The molecule has 90 valence electrons. The number of halogens is 4. The number of hydrogen-bond acceptors (Lipinski definition) is 3. The van der Waals surface area contributed by atoms with Gasteiger partial charge in [0.15, 0.2) is 0 Å². The van der Waals surface area contributed by atoms with Crippen LogP contribution < -0.4 is 11.3 Å². The first kappa shape index (κ1) is 11.6. The summed E-state index contributed by atoms with van der Waals surface area (Å²) in [6.07, 6.45) is -2.89. The van der Waals surface area contributed by atoms with E-state index in [1.165, 1.54) is 0 Å². The largest absolute Gasteiger partial charge is 0.323 e. The second-order valence-corrected chi connectivity index (χ2v) is 3.29. The maximum absolute atomic E-state index is 13.5. The lowest BCUT2D eigenvalue weighted by atomic mass is 10.1. The number of nitrogens with one attached hydrogen (secondary N) is 1. The van der Waals surface area contributed by atoms with Gasteiger partial charge in [-0.15, -0.1) is 0 Å². The Morgan fingerprint density at radius 2 is 1.82 bits per heavy atom. The number of nitrogen functional groups attached to an aromatic ring is 1. The van der Waals surface area contributed by atoms with E-state index in [2.05, 4.69) is 10.4 Å². The van der Waals surface area contributed by atoms with Crippen LogP contribution in [0.3, 0.4) is 0 Å². The van der Waals surface area contributed by atoms with Gasteiger partial charge in [-0.1, -0.05) is 0 Å². The van der Waals surface area contributed by atoms with Crippen LogP contribution in [0.2, 0.25) is 0 Å². The molecule has 0 fully saturated rings. The van der Waals surface area contributed by atoms with Crippen LogP contribution in [0.5, 0.6) is 0 Å². The number of nitrogens with two attached hydrogens (primary N) is 1. The minimum Gasteiger partial charge on any atom is -0.323 e. The van der Waals surface area contributed by atoms with Crippen molar-refractivity contribution >= 4 is 16.6 Å². The monoisotopic (exact) mass is 245 g/mol. The summed E-state index contributed by atoms with van der Waals surface area (Å²) in [6, 6.07) is 2.58. The molecule has 3 N–H and O–H groups in total. The van der Waals surface area contributed by atoms with E-state index in [-0.39, 0.29) is 11.1 Å². The van der Waals surface area contributed by atoms with Gasteiger partial charge in [-0.3, -0.25) is 5.84 Å². The van der Waals surface area contributed by atoms with E-state index in [4.69, 9.17) is 5.84 Å².